The summed E-state index contributed by atoms with van der Waals surface area (Å²) >= 11 is 1.81. The molecule has 3 nitrogen and oxygen atoms in total. The molecule has 1 fully saturated rings. The van der Waals surface area contributed by atoms with E-state index in [1.54, 1.807) is 0 Å². The van der Waals surface area contributed by atoms with Gasteiger partial charge < -0.3 is 5.32 Å². The van der Waals surface area contributed by atoms with Gasteiger partial charge in [-0.3, -0.25) is 4.68 Å². The molecular weight excluding hydrogens is 266 g/mol. The van der Waals surface area contributed by atoms with Crippen LogP contribution in [0.2, 0.25) is 0 Å². The fraction of sp³-hybridized carbons (Fsp3) is 0.562. The Labute approximate surface area is 125 Å². The van der Waals surface area contributed by atoms with Crippen molar-refractivity contribution in [3.8, 4) is 0 Å². The number of thiophene rings is 1. The normalized spacial score (nSPS) is 18.2. The van der Waals surface area contributed by atoms with Gasteiger partial charge in [-0.2, -0.15) is 5.10 Å². The van der Waals surface area contributed by atoms with Crippen LogP contribution in [0, 0.1) is 0 Å². The van der Waals surface area contributed by atoms with E-state index in [9.17, 15) is 0 Å². The third-order valence-corrected chi connectivity index (χ3v) is 5.25. The number of nitrogens with zero attached hydrogens (tertiary/aromatic N) is 2. The molecule has 0 amide bonds. The summed E-state index contributed by atoms with van der Waals surface area (Å²) in [5, 5.41) is 10.4. The van der Waals surface area contributed by atoms with Crippen LogP contribution >= 0.6 is 11.3 Å². The lowest BCUT2D eigenvalue weighted by molar-refractivity contribution is 0.327. The largest absolute Gasteiger partial charge is 0.312 e. The Balaban J connectivity index is 1.67. The van der Waals surface area contributed by atoms with Gasteiger partial charge >= 0.3 is 0 Å². The average molecular weight is 289 g/mol. The van der Waals surface area contributed by atoms with E-state index in [1.807, 2.05) is 18.4 Å². The Morgan fingerprint density at radius 2 is 2.20 bits per heavy atom. The highest BCUT2D eigenvalue weighted by Crippen LogP contribution is 2.28. The maximum Gasteiger partial charge on any atom is 0.0644 e. The number of likely N-dealkylation sites (N-methyl/N-ethyl adjacent to an activating group) is 1. The molecule has 0 aromatic carbocycles. The zero-order chi connectivity index (χ0) is 13.8. The second kappa shape index (κ2) is 6.55. The summed E-state index contributed by atoms with van der Waals surface area (Å²) in [6.07, 6.45) is 9.83. The molecule has 1 unspecified atom stereocenters. The first-order valence-electron chi connectivity index (χ1n) is 7.61. The number of hydrogen-bond acceptors (Lipinski definition) is 3. The van der Waals surface area contributed by atoms with E-state index in [0.717, 1.165) is 6.42 Å². The maximum atomic E-state index is 4.81. The van der Waals surface area contributed by atoms with E-state index >= 15 is 0 Å². The molecule has 0 radical (unpaired) electrons. The first kappa shape index (κ1) is 13.8. The summed E-state index contributed by atoms with van der Waals surface area (Å²) in [6.45, 7) is 0. The van der Waals surface area contributed by atoms with Gasteiger partial charge in [-0.1, -0.05) is 25.3 Å². The van der Waals surface area contributed by atoms with Gasteiger partial charge in [-0.15, -0.1) is 11.3 Å². The van der Waals surface area contributed by atoms with Crippen LogP contribution in [0.15, 0.2) is 29.8 Å². The molecule has 1 atom stereocenters. The second-order valence-corrected chi connectivity index (χ2v) is 6.62. The molecule has 2 aromatic rings. The van der Waals surface area contributed by atoms with Crippen LogP contribution in [-0.2, 0) is 6.42 Å². The van der Waals surface area contributed by atoms with Gasteiger partial charge in [0.2, 0.25) is 0 Å². The van der Waals surface area contributed by atoms with Gasteiger partial charge in [0.15, 0.2) is 0 Å². The highest BCUT2D eigenvalue weighted by molar-refractivity contribution is 7.10. The van der Waals surface area contributed by atoms with Crippen molar-refractivity contribution in [1.29, 1.82) is 0 Å². The third-order valence-electron chi connectivity index (χ3n) is 4.26. The van der Waals surface area contributed by atoms with Crippen molar-refractivity contribution in [3.63, 3.8) is 0 Å². The number of rotatable bonds is 5. The summed E-state index contributed by atoms with van der Waals surface area (Å²) in [7, 11) is 2.03. The molecule has 108 valence electrons. The molecule has 3 rings (SSSR count). The average Bonchev–Trinajstić information content (AvgIpc) is 3.17. The standard InChI is InChI=1S/C16H23N3S/c1-17-15(16-8-5-11-20-16)12-13-9-10-19(18-13)14-6-3-2-4-7-14/h5,8-11,14-15,17H,2-4,6-7,12H2,1H3. The monoisotopic (exact) mass is 289 g/mol. The summed E-state index contributed by atoms with van der Waals surface area (Å²) in [4.78, 5) is 1.39. The fourth-order valence-corrected chi connectivity index (χ4v) is 3.92. The minimum absolute atomic E-state index is 0.379. The van der Waals surface area contributed by atoms with E-state index in [0.29, 0.717) is 12.1 Å². The second-order valence-electron chi connectivity index (χ2n) is 5.64. The zero-order valence-electron chi connectivity index (χ0n) is 12.1. The summed E-state index contributed by atoms with van der Waals surface area (Å²) in [5.74, 6) is 0. The lowest BCUT2D eigenvalue weighted by Crippen LogP contribution is -2.18. The predicted molar refractivity (Wildman–Crippen MR) is 84.2 cm³/mol. The van der Waals surface area contributed by atoms with E-state index in [1.165, 1.54) is 42.7 Å². The topological polar surface area (TPSA) is 29.9 Å². The fourth-order valence-electron chi connectivity index (χ4n) is 3.08. The first-order valence-corrected chi connectivity index (χ1v) is 8.49. The van der Waals surface area contributed by atoms with E-state index < -0.39 is 0 Å². The zero-order valence-corrected chi connectivity index (χ0v) is 12.9. The highest BCUT2D eigenvalue weighted by Gasteiger charge is 2.17. The Morgan fingerprint density at radius 3 is 2.90 bits per heavy atom. The van der Waals surface area contributed by atoms with E-state index in [-0.39, 0.29) is 0 Å². The minimum atomic E-state index is 0.379. The van der Waals surface area contributed by atoms with Crippen molar-refractivity contribution < 1.29 is 0 Å². The SMILES string of the molecule is CNC(Cc1ccn(C2CCCCC2)n1)c1cccs1. The van der Waals surface area contributed by atoms with Gasteiger partial charge in [-0.05, 0) is 37.4 Å². The van der Waals surface area contributed by atoms with Crippen molar-refractivity contribution in [2.24, 2.45) is 0 Å². The highest BCUT2D eigenvalue weighted by atomic mass is 32.1. The van der Waals surface area contributed by atoms with E-state index in [4.69, 9.17) is 5.10 Å². The maximum absolute atomic E-state index is 4.81. The Hall–Kier alpha value is -1.13. The molecule has 0 spiro atoms. The summed E-state index contributed by atoms with van der Waals surface area (Å²) in [6, 6.07) is 7.51. The molecule has 20 heavy (non-hydrogen) atoms. The van der Waals surface area contributed by atoms with Gasteiger partial charge in [0, 0.05) is 23.5 Å². The lowest BCUT2D eigenvalue weighted by atomic mass is 9.96. The molecule has 0 bridgehead atoms. The molecule has 2 aromatic heterocycles. The van der Waals surface area contributed by atoms with Gasteiger partial charge in [-0.25, -0.2) is 0 Å². The van der Waals surface area contributed by atoms with Crippen LogP contribution in [0.4, 0.5) is 0 Å². The predicted octanol–water partition coefficient (Wildman–Crippen LogP) is 3.95. The third kappa shape index (κ3) is 3.13. The van der Waals surface area contributed by atoms with Gasteiger partial charge in [0.1, 0.15) is 0 Å². The Kier molecular flexibility index (Phi) is 4.53. The number of nitrogens with one attached hydrogen (secondary N) is 1. The van der Waals surface area contributed by atoms with Gasteiger partial charge in [0.05, 0.1) is 11.7 Å². The first-order chi connectivity index (χ1) is 9.86. The molecule has 1 aliphatic carbocycles. The minimum Gasteiger partial charge on any atom is -0.312 e. The Bertz CT molecular complexity index is 512. The molecular formula is C16H23N3S. The van der Waals surface area contributed by atoms with Crippen LogP contribution in [0.25, 0.3) is 0 Å². The van der Waals surface area contributed by atoms with Crippen molar-refractivity contribution in [1.82, 2.24) is 15.1 Å². The summed E-state index contributed by atoms with van der Waals surface area (Å²) < 4.78 is 2.20. The number of hydrogen-bond donors (Lipinski definition) is 1. The van der Waals surface area contributed by atoms with Crippen molar-refractivity contribution in [2.75, 3.05) is 7.05 Å². The van der Waals surface area contributed by atoms with Crippen molar-refractivity contribution >= 4 is 11.3 Å². The van der Waals surface area contributed by atoms with Gasteiger partial charge in [0.25, 0.3) is 0 Å². The molecule has 0 saturated heterocycles. The Morgan fingerprint density at radius 1 is 1.35 bits per heavy atom. The van der Waals surface area contributed by atoms with Crippen molar-refractivity contribution in [3.05, 3.63) is 40.3 Å². The smallest absolute Gasteiger partial charge is 0.0644 e. The van der Waals surface area contributed by atoms with Crippen LogP contribution in [-0.4, -0.2) is 16.8 Å². The molecule has 0 aliphatic heterocycles. The van der Waals surface area contributed by atoms with Crippen molar-refractivity contribution in [2.45, 2.75) is 50.6 Å². The molecule has 4 heteroatoms. The molecule has 1 saturated carbocycles. The molecule has 1 aliphatic rings. The molecule has 1 N–H and O–H groups in total. The quantitative estimate of drug-likeness (QED) is 0.903. The number of aromatic nitrogens is 2. The van der Waals surface area contributed by atoms with Crippen LogP contribution in [0.5, 0.6) is 0 Å². The van der Waals surface area contributed by atoms with Crippen LogP contribution < -0.4 is 5.32 Å². The van der Waals surface area contributed by atoms with Crippen LogP contribution in [0.1, 0.15) is 54.8 Å². The van der Waals surface area contributed by atoms with Crippen LogP contribution in [0.3, 0.4) is 0 Å². The van der Waals surface area contributed by atoms with E-state index in [2.05, 4.69) is 39.8 Å². The summed E-state index contributed by atoms with van der Waals surface area (Å²) in [5.41, 5.74) is 1.20. The molecule has 2 heterocycles. The lowest BCUT2D eigenvalue weighted by Gasteiger charge is -2.22.